The second kappa shape index (κ2) is 8.87. The zero-order valence-electron chi connectivity index (χ0n) is 15.5. The second-order valence-corrected chi connectivity index (χ2v) is 6.52. The van der Waals surface area contributed by atoms with E-state index in [9.17, 15) is 13.2 Å². The monoisotopic (exact) mass is 386 g/mol. The summed E-state index contributed by atoms with van der Waals surface area (Å²) in [7, 11) is 0. The summed E-state index contributed by atoms with van der Waals surface area (Å²) in [5, 5.41) is 0. The predicted molar refractivity (Wildman–Crippen MR) is 103 cm³/mol. The van der Waals surface area contributed by atoms with Crippen molar-refractivity contribution < 1.29 is 17.9 Å². The molecule has 1 heterocycles. The van der Waals surface area contributed by atoms with Gasteiger partial charge in [-0.2, -0.15) is 0 Å². The van der Waals surface area contributed by atoms with E-state index in [4.69, 9.17) is 0 Å². The van der Waals surface area contributed by atoms with Gasteiger partial charge >= 0.3 is 6.36 Å². The molecule has 0 unspecified atom stereocenters. The van der Waals surface area contributed by atoms with Crippen molar-refractivity contribution in [2.75, 3.05) is 0 Å². The molecule has 2 aromatic carbocycles. The van der Waals surface area contributed by atoms with Crippen molar-refractivity contribution in [2.45, 2.75) is 39.0 Å². The Bertz CT molecular complexity index is 874. The molecule has 0 saturated carbocycles. The molecule has 3 aromatic rings. The van der Waals surface area contributed by atoms with Gasteiger partial charge in [-0.05, 0) is 41.7 Å². The van der Waals surface area contributed by atoms with E-state index >= 15 is 0 Å². The van der Waals surface area contributed by atoms with E-state index in [-0.39, 0.29) is 5.75 Å². The quantitative estimate of drug-likeness (QED) is 0.438. The van der Waals surface area contributed by atoms with E-state index in [1.165, 1.54) is 25.0 Å². The van der Waals surface area contributed by atoms with Gasteiger partial charge in [-0.1, -0.05) is 56.2 Å². The van der Waals surface area contributed by atoms with Crippen molar-refractivity contribution in [3.63, 3.8) is 0 Å². The van der Waals surface area contributed by atoms with Crippen molar-refractivity contribution in [3.05, 3.63) is 66.5 Å². The zero-order valence-corrected chi connectivity index (χ0v) is 15.5. The average molecular weight is 386 g/mol. The van der Waals surface area contributed by atoms with Crippen LogP contribution in [0.4, 0.5) is 13.2 Å². The maximum atomic E-state index is 12.2. The van der Waals surface area contributed by atoms with Gasteiger partial charge in [-0.25, -0.2) is 9.97 Å². The van der Waals surface area contributed by atoms with Crippen LogP contribution in [0.5, 0.6) is 5.75 Å². The molecule has 0 aliphatic heterocycles. The topological polar surface area (TPSA) is 35.0 Å². The lowest BCUT2D eigenvalue weighted by Crippen LogP contribution is -2.16. The summed E-state index contributed by atoms with van der Waals surface area (Å²) in [6.07, 6.45) is 3.56. The first kappa shape index (κ1) is 19.9. The third kappa shape index (κ3) is 5.55. The number of rotatable bonds is 7. The van der Waals surface area contributed by atoms with Crippen LogP contribution in [0.2, 0.25) is 0 Å². The Hall–Kier alpha value is -2.89. The maximum absolute atomic E-state index is 12.2. The minimum absolute atomic E-state index is 0.236. The predicted octanol–water partition coefficient (Wildman–Crippen LogP) is 6.44. The van der Waals surface area contributed by atoms with E-state index < -0.39 is 6.36 Å². The molecule has 0 N–H and O–H groups in total. The van der Waals surface area contributed by atoms with Crippen molar-refractivity contribution in [3.8, 4) is 28.3 Å². The summed E-state index contributed by atoms with van der Waals surface area (Å²) < 4.78 is 40.6. The lowest BCUT2D eigenvalue weighted by molar-refractivity contribution is -0.274. The highest BCUT2D eigenvalue weighted by atomic mass is 19.4. The first-order valence-corrected chi connectivity index (χ1v) is 9.22. The SMILES string of the molecule is CCCCCc1cnc(-c2ccc(-c3ccc(OC(F)(F)F)cc3)cc2)nc1. The molecule has 0 radical (unpaired) electrons. The number of hydrogen-bond acceptors (Lipinski definition) is 3. The van der Waals surface area contributed by atoms with Crippen LogP contribution < -0.4 is 4.74 Å². The summed E-state index contributed by atoms with van der Waals surface area (Å²) in [4.78, 5) is 8.88. The van der Waals surface area contributed by atoms with Crippen LogP contribution in [-0.2, 0) is 6.42 Å². The highest BCUT2D eigenvalue weighted by Crippen LogP contribution is 2.27. The summed E-state index contributed by atoms with van der Waals surface area (Å²) in [6, 6.07) is 13.4. The fourth-order valence-corrected chi connectivity index (χ4v) is 2.87. The number of hydrogen-bond donors (Lipinski definition) is 0. The molecule has 0 spiro atoms. The molecule has 0 aliphatic carbocycles. The third-order valence-electron chi connectivity index (χ3n) is 4.34. The Morgan fingerprint density at radius 3 is 1.86 bits per heavy atom. The van der Waals surface area contributed by atoms with E-state index in [2.05, 4.69) is 21.6 Å². The molecule has 0 bridgehead atoms. The Labute approximate surface area is 162 Å². The van der Waals surface area contributed by atoms with Crippen LogP contribution in [0, 0.1) is 0 Å². The van der Waals surface area contributed by atoms with Gasteiger partial charge in [-0.15, -0.1) is 13.2 Å². The molecule has 0 atom stereocenters. The zero-order chi connectivity index (χ0) is 20.0. The smallest absolute Gasteiger partial charge is 0.406 e. The Morgan fingerprint density at radius 1 is 0.786 bits per heavy atom. The van der Waals surface area contributed by atoms with Crippen LogP contribution in [0.3, 0.4) is 0 Å². The molecular weight excluding hydrogens is 365 g/mol. The number of unbranched alkanes of at least 4 members (excludes halogenated alkanes) is 2. The van der Waals surface area contributed by atoms with Crippen LogP contribution in [-0.4, -0.2) is 16.3 Å². The summed E-state index contributed by atoms with van der Waals surface area (Å²) in [5.41, 5.74) is 3.71. The number of aryl methyl sites for hydroxylation is 1. The van der Waals surface area contributed by atoms with Crippen molar-refractivity contribution in [2.24, 2.45) is 0 Å². The van der Waals surface area contributed by atoms with Gasteiger partial charge in [0.25, 0.3) is 0 Å². The molecule has 3 rings (SSSR count). The lowest BCUT2D eigenvalue weighted by Gasteiger charge is -2.09. The Balaban J connectivity index is 1.68. The van der Waals surface area contributed by atoms with Crippen LogP contribution in [0.15, 0.2) is 60.9 Å². The molecule has 146 valence electrons. The van der Waals surface area contributed by atoms with Gasteiger partial charge < -0.3 is 4.74 Å². The van der Waals surface area contributed by atoms with Crippen LogP contribution in [0.1, 0.15) is 31.7 Å². The molecular formula is C22H21F3N2O. The number of benzene rings is 2. The molecule has 0 amide bonds. The Morgan fingerprint density at radius 2 is 1.32 bits per heavy atom. The van der Waals surface area contributed by atoms with E-state index in [1.54, 1.807) is 12.1 Å². The average Bonchev–Trinajstić information content (AvgIpc) is 2.68. The van der Waals surface area contributed by atoms with Gasteiger partial charge in [0, 0.05) is 18.0 Å². The fraction of sp³-hybridized carbons (Fsp3) is 0.273. The van der Waals surface area contributed by atoms with Gasteiger partial charge in [0.05, 0.1) is 0 Å². The number of alkyl halides is 3. The van der Waals surface area contributed by atoms with E-state index in [0.717, 1.165) is 35.1 Å². The summed E-state index contributed by atoms with van der Waals surface area (Å²) >= 11 is 0. The van der Waals surface area contributed by atoms with E-state index in [0.29, 0.717) is 5.82 Å². The number of nitrogens with zero attached hydrogens (tertiary/aromatic N) is 2. The molecule has 3 nitrogen and oxygen atoms in total. The minimum atomic E-state index is -4.69. The highest BCUT2D eigenvalue weighted by molar-refractivity contribution is 5.68. The standard InChI is InChI=1S/C22H21F3N2O/c1-2-3-4-5-16-14-26-21(27-15-16)19-8-6-17(7-9-19)18-10-12-20(13-11-18)28-22(23,24)25/h6-15H,2-5H2,1H3. The number of halogens is 3. The van der Waals surface area contributed by atoms with Gasteiger partial charge in [0.15, 0.2) is 5.82 Å². The molecule has 28 heavy (non-hydrogen) atoms. The molecule has 0 fully saturated rings. The summed E-state index contributed by atoms with van der Waals surface area (Å²) in [6.45, 7) is 2.17. The van der Waals surface area contributed by atoms with Gasteiger partial charge in [-0.3, -0.25) is 0 Å². The third-order valence-corrected chi connectivity index (χ3v) is 4.34. The van der Waals surface area contributed by atoms with Crippen molar-refractivity contribution in [1.82, 2.24) is 9.97 Å². The first-order valence-electron chi connectivity index (χ1n) is 9.22. The Kier molecular flexibility index (Phi) is 6.29. The first-order chi connectivity index (χ1) is 13.4. The molecule has 0 saturated heterocycles. The number of aromatic nitrogens is 2. The van der Waals surface area contributed by atoms with Crippen molar-refractivity contribution in [1.29, 1.82) is 0 Å². The lowest BCUT2D eigenvalue weighted by atomic mass is 10.0. The molecule has 0 aliphatic rings. The fourth-order valence-electron chi connectivity index (χ4n) is 2.87. The highest BCUT2D eigenvalue weighted by Gasteiger charge is 2.30. The van der Waals surface area contributed by atoms with Gasteiger partial charge in [0.2, 0.25) is 0 Å². The van der Waals surface area contributed by atoms with Crippen LogP contribution >= 0.6 is 0 Å². The largest absolute Gasteiger partial charge is 0.573 e. The normalized spacial score (nSPS) is 11.4. The molecule has 6 heteroatoms. The van der Waals surface area contributed by atoms with Crippen LogP contribution in [0.25, 0.3) is 22.5 Å². The second-order valence-electron chi connectivity index (χ2n) is 6.52. The van der Waals surface area contributed by atoms with Crippen molar-refractivity contribution >= 4 is 0 Å². The van der Waals surface area contributed by atoms with Gasteiger partial charge in [0.1, 0.15) is 5.75 Å². The maximum Gasteiger partial charge on any atom is 0.573 e. The molecule has 1 aromatic heterocycles. The summed E-state index contributed by atoms with van der Waals surface area (Å²) in [5.74, 6) is 0.417. The van der Waals surface area contributed by atoms with E-state index in [1.807, 2.05) is 36.7 Å². The number of ether oxygens (including phenoxy) is 1. The minimum Gasteiger partial charge on any atom is -0.406 e.